The van der Waals surface area contributed by atoms with Crippen molar-refractivity contribution in [3.05, 3.63) is 70.8 Å². The smallest absolute Gasteiger partial charge is 0.332 e. The first-order valence-electron chi connectivity index (χ1n) is 10.4. The Morgan fingerprint density at radius 2 is 1.31 bits per heavy atom. The molecule has 11 heteroatoms. The maximum absolute atomic E-state index is 13.1. The summed E-state index contributed by atoms with van der Waals surface area (Å²) in [4.78, 5) is 38.0. The molecule has 0 saturated carbocycles. The number of allylic oxidation sites excluding steroid dienone is 1. The first-order valence-corrected chi connectivity index (χ1v) is 10.4. The molecule has 3 atom stereocenters. The molecule has 1 aliphatic carbocycles. The zero-order chi connectivity index (χ0) is 26.8. The van der Waals surface area contributed by atoms with Gasteiger partial charge in [-0.2, -0.15) is 0 Å². The highest BCUT2D eigenvalue weighted by Crippen LogP contribution is 2.37. The summed E-state index contributed by atoms with van der Waals surface area (Å²) in [5.41, 5.74) is -4.53. The highest BCUT2D eigenvalue weighted by atomic mass is 16.4. The van der Waals surface area contributed by atoms with E-state index in [1.165, 1.54) is 12.1 Å². The third kappa shape index (κ3) is 4.98. The lowest BCUT2D eigenvalue weighted by Gasteiger charge is -2.39. The second kappa shape index (κ2) is 10.0. The third-order valence-corrected chi connectivity index (χ3v) is 5.62. The molecule has 8 N–H and O–H groups in total. The number of phenolic OH excluding ortho intramolecular Hbond substituents is 4. The van der Waals surface area contributed by atoms with Crippen LogP contribution >= 0.6 is 0 Å². The molecule has 0 heterocycles. The van der Waals surface area contributed by atoms with Crippen LogP contribution in [0, 0.1) is 0 Å². The van der Waals surface area contributed by atoms with Gasteiger partial charge in [0.05, 0.1) is 17.3 Å². The zero-order valence-electron chi connectivity index (χ0n) is 18.4. The first kappa shape index (κ1) is 26.2. The van der Waals surface area contributed by atoms with E-state index in [1.54, 1.807) is 0 Å². The van der Waals surface area contributed by atoms with Crippen LogP contribution in [0.25, 0.3) is 12.2 Å². The SMILES string of the molecule is O=C(O)C1=C(C(=O)C=Cc2ccc(O)c(O)c2)C(O)(C(=O)C=Cc2ccc(O)c(O)c2)C(O)C(O)C1. The molecule has 1 aliphatic rings. The molecule has 0 saturated heterocycles. The molecule has 3 unspecified atom stereocenters. The summed E-state index contributed by atoms with van der Waals surface area (Å²) in [6.45, 7) is 0. The predicted octanol–water partition coefficient (Wildman–Crippen LogP) is 0.612. The van der Waals surface area contributed by atoms with E-state index < -0.39 is 75.9 Å². The van der Waals surface area contributed by atoms with Crippen molar-refractivity contribution in [3.8, 4) is 23.0 Å². The van der Waals surface area contributed by atoms with Gasteiger partial charge in [0.25, 0.3) is 0 Å². The molecule has 0 aromatic heterocycles. The van der Waals surface area contributed by atoms with Gasteiger partial charge >= 0.3 is 5.97 Å². The summed E-state index contributed by atoms with van der Waals surface area (Å²) in [6, 6.07) is 7.05. The molecular weight excluding hydrogens is 476 g/mol. The minimum atomic E-state index is -3.15. The van der Waals surface area contributed by atoms with Gasteiger partial charge in [-0.05, 0) is 47.5 Å². The van der Waals surface area contributed by atoms with E-state index in [9.17, 15) is 55.2 Å². The summed E-state index contributed by atoms with van der Waals surface area (Å²) in [5, 5.41) is 79.5. The number of ketones is 2. The molecule has 2 aromatic rings. The number of rotatable bonds is 7. The van der Waals surface area contributed by atoms with Crippen LogP contribution < -0.4 is 0 Å². The van der Waals surface area contributed by atoms with E-state index in [-0.39, 0.29) is 11.1 Å². The van der Waals surface area contributed by atoms with Gasteiger partial charge in [-0.1, -0.05) is 24.3 Å². The number of hydrogen-bond acceptors (Lipinski definition) is 10. The Morgan fingerprint density at radius 1 is 0.806 bits per heavy atom. The van der Waals surface area contributed by atoms with Gasteiger partial charge < -0.3 is 40.9 Å². The number of hydrogen-bond donors (Lipinski definition) is 8. The van der Waals surface area contributed by atoms with Gasteiger partial charge in [0, 0.05) is 6.42 Å². The highest BCUT2D eigenvalue weighted by Gasteiger charge is 2.55. The average molecular weight is 498 g/mol. The van der Waals surface area contributed by atoms with Gasteiger partial charge in [-0.25, -0.2) is 4.79 Å². The second-order valence-corrected chi connectivity index (χ2v) is 8.03. The maximum atomic E-state index is 13.1. The molecule has 0 aliphatic heterocycles. The van der Waals surface area contributed by atoms with Crippen molar-refractivity contribution in [2.45, 2.75) is 24.2 Å². The molecule has 36 heavy (non-hydrogen) atoms. The van der Waals surface area contributed by atoms with E-state index in [4.69, 9.17) is 0 Å². The number of phenols is 4. The molecule has 188 valence electrons. The van der Waals surface area contributed by atoms with E-state index in [0.717, 1.165) is 48.6 Å². The standard InChI is InChI=1S/C25H22O11/c26-15-5-1-12(9-18(15)29)3-7-17(28)22-14(24(34)35)11-20(31)23(33)25(22,36)21(32)8-4-13-2-6-16(27)19(30)10-13/h1-10,20,23,26-27,29-31,33,36H,11H2,(H,34,35). The van der Waals surface area contributed by atoms with Crippen LogP contribution in [0.3, 0.4) is 0 Å². The summed E-state index contributed by atoms with van der Waals surface area (Å²) < 4.78 is 0. The normalized spacial score (nSPS) is 22.3. The van der Waals surface area contributed by atoms with Crippen molar-refractivity contribution >= 4 is 29.7 Å². The Kier molecular flexibility index (Phi) is 7.29. The Bertz CT molecular complexity index is 1320. The Morgan fingerprint density at radius 3 is 1.78 bits per heavy atom. The highest BCUT2D eigenvalue weighted by molar-refractivity contribution is 6.19. The number of aromatic hydroxyl groups is 4. The first-order chi connectivity index (χ1) is 16.9. The lowest BCUT2D eigenvalue weighted by Crippen LogP contribution is -2.60. The molecule has 0 fully saturated rings. The third-order valence-electron chi connectivity index (χ3n) is 5.62. The minimum absolute atomic E-state index is 0.176. The molecule has 3 rings (SSSR count). The van der Waals surface area contributed by atoms with Crippen molar-refractivity contribution < 1.29 is 55.2 Å². The predicted molar refractivity (Wildman–Crippen MR) is 124 cm³/mol. The van der Waals surface area contributed by atoms with Crippen LogP contribution in [-0.4, -0.2) is 76.2 Å². The minimum Gasteiger partial charge on any atom is -0.504 e. The van der Waals surface area contributed by atoms with Crippen molar-refractivity contribution in [2.24, 2.45) is 0 Å². The summed E-state index contributed by atoms with van der Waals surface area (Å²) in [5.74, 6) is -6.07. The number of carbonyl (C=O) groups excluding carboxylic acids is 2. The zero-order valence-corrected chi connectivity index (χ0v) is 18.4. The van der Waals surface area contributed by atoms with Crippen molar-refractivity contribution in [2.75, 3.05) is 0 Å². The van der Waals surface area contributed by atoms with Crippen molar-refractivity contribution in [1.82, 2.24) is 0 Å². The number of carbonyl (C=O) groups is 3. The largest absolute Gasteiger partial charge is 0.504 e. The van der Waals surface area contributed by atoms with E-state index in [0.29, 0.717) is 0 Å². The van der Waals surface area contributed by atoms with Crippen LogP contribution in [-0.2, 0) is 14.4 Å². The summed E-state index contributed by atoms with van der Waals surface area (Å²) in [6.07, 6.45) is -1.19. The van der Waals surface area contributed by atoms with Crippen LogP contribution in [0.1, 0.15) is 17.5 Å². The topological polar surface area (TPSA) is 213 Å². The molecule has 0 spiro atoms. The monoisotopic (exact) mass is 498 g/mol. The number of carboxylic acid groups (broad SMARTS) is 1. The number of aliphatic hydroxyl groups is 3. The lowest BCUT2D eigenvalue weighted by molar-refractivity contribution is -0.155. The molecule has 0 radical (unpaired) electrons. The van der Waals surface area contributed by atoms with Crippen LogP contribution in [0.4, 0.5) is 0 Å². The lowest BCUT2D eigenvalue weighted by atomic mass is 9.71. The Labute approximate surface area is 203 Å². The molecule has 11 nitrogen and oxygen atoms in total. The van der Waals surface area contributed by atoms with Gasteiger partial charge in [-0.3, -0.25) is 9.59 Å². The van der Waals surface area contributed by atoms with Crippen molar-refractivity contribution in [3.63, 3.8) is 0 Å². The number of aliphatic carboxylic acids is 1. The van der Waals surface area contributed by atoms with Crippen LogP contribution in [0.15, 0.2) is 59.7 Å². The molecule has 2 aromatic carbocycles. The molecular formula is C25H22O11. The van der Waals surface area contributed by atoms with Crippen LogP contribution in [0.5, 0.6) is 23.0 Å². The summed E-state index contributed by atoms with van der Waals surface area (Å²) >= 11 is 0. The Hall–Kier alpha value is -4.45. The fourth-order valence-electron chi connectivity index (χ4n) is 3.72. The fourth-order valence-corrected chi connectivity index (χ4v) is 3.72. The Balaban J connectivity index is 2.06. The van der Waals surface area contributed by atoms with Crippen LogP contribution in [0.2, 0.25) is 0 Å². The van der Waals surface area contributed by atoms with Gasteiger partial charge in [-0.15, -0.1) is 0 Å². The summed E-state index contributed by atoms with van der Waals surface area (Å²) in [7, 11) is 0. The van der Waals surface area contributed by atoms with E-state index in [2.05, 4.69) is 0 Å². The van der Waals surface area contributed by atoms with Gasteiger partial charge in [0.1, 0.15) is 6.10 Å². The van der Waals surface area contributed by atoms with E-state index in [1.807, 2.05) is 0 Å². The average Bonchev–Trinajstić information content (AvgIpc) is 2.83. The maximum Gasteiger partial charge on any atom is 0.332 e. The second-order valence-electron chi connectivity index (χ2n) is 8.03. The molecule has 0 bridgehead atoms. The fraction of sp³-hybridized carbons (Fsp3) is 0.160. The van der Waals surface area contributed by atoms with Gasteiger partial charge in [0.15, 0.2) is 40.2 Å². The van der Waals surface area contributed by atoms with Crippen molar-refractivity contribution in [1.29, 1.82) is 0 Å². The molecule has 0 amide bonds. The number of aliphatic hydroxyl groups excluding tert-OH is 2. The number of benzene rings is 2. The van der Waals surface area contributed by atoms with E-state index >= 15 is 0 Å². The van der Waals surface area contributed by atoms with Gasteiger partial charge in [0.2, 0.25) is 0 Å². The quantitative estimate of drug-likeness (QED) is 0.196. The number of carboxylic acids is 1.